The van der Waals surface area contributed by atoms with Gasteiger partial charge in [-0.15, -0.1) is 11.6 Å². The molecule has 0 amide bonds. The first kappa shape index (κ1) is 11.6. The van der Waals surface area contributed by atoms with Crippen molar-refractivity contribution in [3.05, 3.63) is 33.8 Å². The van der Waals surface area contributed by atoms with Gasteiger partial charge in [0.1, 0.15) is 0 Å². The van der Waals surface area contributed by atoms with Crippen molar-refractivity contribution in [1.82, 2.24) is 0 Å². The molecule has 0 spiro atoms. The summed E-state index contributed by atoms with van der Waals surface area (Å²) in [6, 6.07) is 5.65. The third-order valence-electron chi connectivity index (χ3n) is 3.33. The van der Waals surface area contributed by atoms with Crippen LogP contribution in [-0.4, -0.2) is 5.38 Å². The quantitative estimate of drug-likeness (QED) is 0.677. The van der Waals surface area contributed by atoms with E-state index in [9.17, 15) is 0 Å². The fourth-order valence-corrected chi connectivity index (χ4v) is 2.76. The molecule has 0 saturated heterocycles. The second-order valence-electron chi connectivity index (χ2n) is 4.36. The molecule has 1 aromatic rings. The Kier molecular flexibility index (Phi) is 3.21. The van der Waals surface area contributed by atoms with Crippen molar-refractivity contribution in [2.75, 3.05) is 0 Å². The minimum Gasteiger partial charge on any atom is -0.123 e. The van der Waals surface area contributed by atoms with Gasteiger partial charge in [-0.1, -0.05) is 29.3 Å². The molecule has 0 aromatic heterocycles. The number of alkyl halides is 1. The minimum absolute atomic E-state index is 0.185. The zero-order valence-corrected chi connectivity index (χ0v) is 10.8. The maximum absolute atomic E-state index is 6.20. The molecule has 0 radical (unpaired) electrons. The highest BCUT2D eigenvalue weighted by Crippen LogP contribution is 2.54. The molecule has 1 fully saturated rings. The van der Waals surface area contributed by atoms with E-state index in [1.165, 1.54) is 12.8 Å². The van der Waals surface area contributed by atoms with Crippen molar-refractivity contribution in [3.8, 4) is 0 Å². The maximum atomic E-state index is 6.20. The summed E-state index contributed by atoms with van der Waals surface area (Å²) in [6.45, 7) is 2.05. The van der Waals surface area contributed by atoms with E-state index in [0.29, 0.717) is 0 Å². The van der Waals surface area contributed by atoms with Gasteiger partial charge in [0.25, 0.3) is 0 Å². The Morgan fingerprint density at radius 3 is 2.20 bits per heavy atom. The van der Waals surface area contributed by atoms with Crippen molar-refractivity contribution in [2.24, 2.45) is 5.41 Å². The summed E-state index contributed by atoms with van der Waals surface area (Å²) < 4.78 is 0. The van der Waals surface area contributed by atoms with Gasteiger partial charge in [0.15, 0.2) is 0 Å². The topological polar surface area (TPSA) is 0 Å². The largest absolute Gasteiger partial charge is 0.123 e. The Bertz CT molecular complexity index is 347. The summed E-state index contributed by atoms with van der Waals surface area (Å²) in [5.74, 6) is 0. The molecule has 82 valence electrons. The summed E-state index contributed by atoms with van der Waals surface area (Å²) in [7, 11) is 0. The highest BCUT2D eigenvalue weighted by Gasteiger charge is 2.47. The van der Waals surface area contributed by atoms with E-state index < -0.39 is 0 Å². The van der Waals surface area contributed by atoms with Crippen LogP contribution in [0.15, 0.2) is 18.2 Å². The lowest BCUT2D eigenvalue weighted by molar-refractivity contribution is 0.497. The first-order valence-corrected chi connectivity index (χ1v) is 6.31. The van der Waals surface area contributed by atoms with Crippen molar-refractivity contribution < 1.29 is 0 Å². The summed E-state index contributed by atoms with van der Waals surface area (Å²) in [4.78, 5) is 0. The minimum atomic E-state index is 0.185. The van der Waals surface area contributed by atoms with Crippen molar-refractivity contribution in [1.29, 1.82) is 0 Å². The van der Waals surface area contributed by atoms with Gasteiger partial charge < -0.3 is 0 Å². The SMILES string of the molecule is CC(Cl)C1(Cc2c(Cl)cccc2Cl)CC1. The van der Waals surface area contributed by atoms with Gasteiger partial charge >= 0.3 is 0 Å². The standard InChI is InChI=1S/C12H13Cl3/c1-8(13)12(5-6-12)7-9-10(14)3-2-4-11(9)15/h2-4,8H,5-7H2,1H3. The Labute approximate surface area is 106 Å². The predicted octanol–water partition coefficient (Wildman–Crippen LogP) is 4.94. The molecular formula is C12H13Cl3. The zero-order valence-electron chi connectivity index (χ0n) is 8.56. The van der Waals surface area contributed by atoms with E-state index >= 15 is 0 Å². The van der Waals surface area contributed by atoms with Crippen LogP contribution in [0.4, 0.5) is 0 Å². The number of rotatable bonds is 3. The van der Waals surface area contributed by atoms with Gasteiger partial charge in [0.2, 0.25) is 0 Å². The molecule has 3 heteroatoms. The normalized spacial score (nSPS) is 20.0. The van der Waals surface area contributed by atoms with E-state index in [4.69, 9.17) is 34.8 Å². The van der Waals surface area contributed by atoms with Crippen LogP contribution in [0.5, 0.6) is 0 Å². The van der Waals surface area contributed by atoms with Gasteiger partial charge in [0.05, 0.1) is 0 Å². The molecule has 0 bridgehead atoms. The highest BCUT2D eigenvalue weighted by molar-refractivity contribution is 6.36. The molecule has 0 N–H and O–H groups in total. The molecular weight excluding hydrogens is 250 g/mol. The van der Waals surface area contributed by atoms with Gasteiger partial charge in [-0.25, -0.2) is 0 Å². The number of hydrogen-bond acceptors (Lipinski definition) is 0. The zero-order chi connectivity index (χ0) is 11.1. The molecule has 1 saturated carbocycles. The molecule has 2 rings (SSSR count). The van der Waals surface area contributed by atoms with Gasteiger partial charge in [-0.05, 0) is 49.3 Å². The summed E-state index contributed by atoms with van der Waals surface area (Å²) in [6.07, 6.45) is 3.26. The van der Waals surface area contributed by atoms with Crippen LogP contribution in [0.2, 0.25) is 10.0 Å². The first-order valence-electron chi connectivity index (χ1n) is 5.12. The average Bonchev–Trinajstić information content (AvgIpc) is 2.93. The van der Waals surface area contributed by atoms with Crippen LogP contribution in [-0.2, 0) is 6.42 Å². The highest BCUT2D eigenvalue weighted by atomic mass is 35.5. The van der Waals surface area contributed by atoms with Crippen molar-refractivity contribution in [3.63, 3.8) is 0 Å². The van der Waals surface area contributed by atoms with Crippen LogP contribution in [0.1, 0.15) is 25.3 Å². The first-order chi connectivity index (χ1) is 7.05. The van der Waals surface area contributed by atoms with E-state index in [1.807, 2.05) is 18.2 Å². The lowest BCUT2D eigenvalue weighted by Crippen LogP contribution is -2.16. The van der Waals surface area contributed by atoms with Crippen molar-refractivity contribution >= 4 is 34.8 Å². The van der Waals surface area contributed by atoms with Gasteiger partial charge in [0, 0.05) is 15.4 Å². The summed E-state index contributed by atoms with van der Waals surface area (Å²) in [5.41, 5.74) is 1.28. The molecule has 1 atom stereocenters. The Hall–Kier alpha value is 0.0900. The van der Waals surface area contributed by atoms with Crippen molar-refractivity contribution in [2.45, 2.75) is 31.6 Å². The number of halogens is 3. The fourth-order valence-electron chi connectivity index (χ4n) is 1.93. The Morgan fingerprint density at radius 1 is 1.27 bits per heavy atom. The van der Waals surface area contributed by atoms with Crippen LogP contribution in [0.25, 0.3) is 0 Å². The van der Waals surface area contributed by atoms with E-state index in [1.54, 1.807) is 0 Å². The number of benzene rings is 1. The Morgan fingerprint density at radius 2 is 1.80 bits per heavy atom. The molecule has 1 aromatic carbocycles. The fraction of sp³-hybridized carbons (Fsp3) is 0.500. The monoisotopic (exact) mass is 262 g/mol. The van der Waals surface area contributed by atoms with E-state index in [-0.39, 0.29) is 10.8 Å². The molecule has 15 heavy (non-hydrogen) atoms. The molecule has 0 aliphatic heterocycles. The van der Waals surface area contributed by atoms with Crippen LogP contribution < -0.4 is 0 Å². The van der Waals surface area contributed by atoms with Gasteiger partial charge in [-0.3, -0.25) is 0 Å². The number of hydrogen-bond donors (Lipinski definition) is 0. The molecule has 0 nitrogen and oxygen atoms in total. The second-order valence-corrected chi connectivity index (χ2v) is 5.82. The maximum Gasteiger partial charge on any atom is 0.0453 e. The molecule has 1 aliphatic rings. The van der Waals surface area contributed by atoms with E-state index in [2.05, 4.69) is 6.92 Å². The summed E-state index contributed by atoms with van der Waals surface area (Å²) in [5, 5.41) is 1.70. The van der Waals surface area contributed by atoms with E-state index in [0.717, 1.165) is 22.0 Å². The lowest BCUT2D eigenvalue weighted by atomic mass is 9.93. The third kappa shape index (κ3) is 2.27. The van der Waals surface area contributed by atoms with Gasteiger partial charge in [-0.2, -0.15) is 0 Å². The third-order valence-corrected chi connectivity index (χ3v) is 4.50. The average molecular weight is 264 g/mol. The van der Waals surface area contributed by atoms with Crippen LogP contribution >= 0.6 is 34.8 Å². The smallest absolute Gasteiger partial charge is 0.0453 e. The molecule has 1 aliphatic carbocycles. The second kappa shape index (κ2) is 4.16. The lowest BCUT2D eigenvalue weighted by Gasteiger charge is -2.19. The Balaban J connectivity index is 2.25. The molecule has 0 heterocycles. The molecule has 1 unspecified atom stereocenters. The summed E-state index contributed by atoms with van der Waals surface area (Å²) >= 11 is 18.5. The van der Waals surface area contributed by atoms with Crippen LogP contribution in [0, 0.1) is 5.41 Å². The van der Waals surface area contributed by atoms with Crippen LogP contribution in [0.3, 0.4) is 0 Å². The predicted molar refractivity (Wildman–Crippen MR) is 67.1 cm³/mol.